The van der Waals surface area contributed by atoms with Gasteiger partial charge in [0.2, 0.25) is 0 Å². The van der Waals surface area contributed by atoms with Crippen molar-refractivity contribution in [2.45, 2.75) is 19.8 Å². The largest absolute Gasteiger partial charge is 0.496 e. The second kappa shape index (κ2) is 5.89. The van der Waals surface area contributed by atoms with Gasteiger partial charge in [-0.2, -0.15) is 0 Å². The molecule has 4 heteroatoms. The number of ether oxygens (including phenoxy) is 2. The highest BCUT2D eigenvalue weighted by Crippen LogP contribution is 2.29. The molecule has 16 heavy (non-hydrogen) atoms. The Hall–Kier alpha value is -1.03. The van der Waals surface area contributed by atoms with Crippen LogP contribution in [0.5, 0.6) is 5.75 Å². The van der Waals surface area contributed by atoms with Gasteiger partial charge in [0.15, 0.2) is 0 Å². The fourth-order valence-corrected chi connectivity index (χ4v) is 1.91. The Labute approximate surface area is 104 Å². The fraction of sp³-hybridized carbons (Fsp3) is 0.417. The van der Waals surface area contributed by atoms with Crippen molar-refractivity contribution in [1.82, 2.24) is 0 Å². The Kier molecular flexibility index (Phi) is 4.80. The van der Waals surface area contributed by atoms with E-state index in [2.05, 4.69) is 15.9 Å². The molecule has 0 fully saturated rings. The first-order valence-electron chi connectivity index (χ1n) is 5.10. The average molecular weight is 287 g/mol. The van der Waals surface area contributed by atoms with Gasteiger partial charge < -0.3 is 9.47 Å². The molecule has 0 bridgehead atoms. The number of benzene rings is 1. The van der Waals surface area contributed by atoms with Gasteiger partial charge in [-0.15, -0.1) is 0 Å². The second-order valence-electron chi connectivity index (χ2n) is 3.37. The molecule has 0 aliphatic heterocycles. The molecule has 1 unspecified atom stereocenters. The molecule has 0 aromatic heterocycles. The molecular formula is C12H15BrO3. The maximum absolute atomic E-state index is 11.5. The summed E-state index contributed by atoms with van der Waals surface area (Å²) >= 11 is 3.39. The van der Waals surface area contributed by atoms with Crippen LogP contribution in [0.3, 0.4) is 0 Å². The zero-order valence-corrected chi connectivity index (χ0v) is 11.2. The summed E-state index contributed by atoms with van der Waals surface area (Å²) in [6.07, 6.45) is 0. The van der Waals surface area contributed by atoms with Crippen LogP contribution in [0, 0.1) is 0 Å². The van der Waals surface area contributed by atoms with E-state index in [1.807, 2.05) is 25.1 Å². The topological polar surface area (TPSA) is 35.5 Å². The van der Waals surface area contributed by atoms with Crippen LogP contribution in [0.15, 0.2) is 22.7 Å². The molecule has 0 saturated carbocycles. The third-order valence-corrected chi connectivity index (χ3v) is 2.94. The molecule has 0 saturated heterocycles. The van der Waals surface area contributed by atoms with Crippen molar-refractivity contribution in [3.63, 3.8) is 0 Å². The Morgan fingerprint density at radius 2 is 2.19 bits per heavy atom. The Morgan fingerprint density at radius 1 is 1.50 bits per heavy atom. The van der Waals surface area contributed by atoms with Gasteiger partial charge in [-0.3, -0.25) is 4.79 Å². The van der Waals surface area contributed by atoms with E-state index in [1.54, 1.807) is 14.0 Å². The molecule has 0 spiro atoms. The third kappa shape index (κ3) is 2.98. The molecule has 1 atom stereocenters. The lowest BCUT2D eigenvalue weighted by molar-refractivity contribution is -0.144. The average Bonchev–Trinajstić information content (AvgIpc) is 2.28. The number of carbonyl (C=O) groups is 1. The molecule has 0 N–H and O–H groups in total. The van der Waals surface area contributed by atoms with E-state index in [4.69, 9.17) is 9.47 Å². The van der Waals surface area contributed by atoms with Gasteiger partial charge in [0.05, 0.1) is 24.1 Å². The molecule has 0 amide bonds. The molecule has 1 aromatic rings. The van der Waals surface area contributed by atoms with Gasteiger partial charge in [0.1, 0.15) is 5.75 Å². The van der Waals surface area contributed by atoms with Crippen molar-refractivity contribution >= 4 is 21.9 Å². The van der Waals surface area contributed by atoms with Crippen LogP contribution in [0.25, 0.3) is 0 Å². The van der Waals surface area contributed by atoms with Crippen LogP contribution in [-0.2, 0) is 9.53 Å². The number of rotatable bonds is 4. The van der Waals surface area contributed by atoms with Crippen LogP contribution < -0.4 is 4.74 Å². The van der Waals surface area contributed by atoms with E-state index in [0.29, 0.717) is 6.61 Å². The number of esters is 1. The van der Waals surface area contributed by atoms with Gasteiger partial charge in [-0.05, 0) is 47.5 Å². The second-order valence-corrected chi connectivity index (χ2v) is 4.22. The number of hydrogen-bond acceptors (Lipinski definition) is 3. The molecule has 0 aliphatic carbocycles. The van der Waals surface area contributed by atoms with Crippen molar-refractivity contribution in [3.8, 4) is 5.75 Å². The summed E-state index contributed by atoms with van der Waals surface area (Å²) in [5.74, 6) is 0.279. The highest BCUT2D eigenvalue weighted by molar-refractivity contribution is 9.10. The number of halogens is 1. The summed E-state index contributed by atoms with van der Waals surface area (Å²) in [7, 11) is 1.61. The number of hydrogen-bond donors (Lipinski definition) is 0. The molecule has 0 radical (unpaired) electrons. The van der Waals surface area contributed by atoms with Crippen LogP contribution in [-0.4, -0.2) is 19.7 Å². The maximum Gasteiger partial charge on any atom is 0.313 e. The van der Waals surface area contributed by atoms with Crippen molar-refractivity contribution in [3.05, 3.63) is 28.2 Å². The molecule has 1 rings (SSSR count). The van der Waals surface area contributed by atoms with Gasteiger partial charge in [0, 0.05) is 0 Å². The smallest absolute Gasteiger partial charge is 0.313 e. The summed E-state index contributed by atoms with van der Waals surface area (Å²) in [6.45, 7) is 4.03. The zero-order valence-electron chi connectivity index (χ0n) is 9.62. The molecule has 1 aromatic carbocycles. The third-order valence-electron chi connectivity index (χ3n) is 2.32. The van der Waals surface area contributed by atoms with Crippen LogP contribution >= 0.6 is 15.9 Å². The SMILES string of the molecule is CCOC(=O)C(C)c1ccc(OC)c(Br)c1. The van der Waals surface area contributed by atoms with Crippen LogP contribution in [0.1, 0.15) is 25.3 Å². The van der Waals surface area contributed by atoms with Crippen LogP contribution in [0.4, 0.5) is 0 Å². The summed E-state index contributed by atoms with van der Waals surface area (Å²) < 4.78 is 10.9. The first-order valence-corrected chi connectivity index (χ1v) is 5.89. The lowest BCUT2D eigenvalue weighted by Gasteiger charge is -2.12. The molecule has 0 aliphatic rings. The van der Waals surface area contributed by atoms with Gasteiger partial charge in [-0.1, -0.05) is 6.07 Å². The standard InChI is InChI=1S/C12H15BrO3/c1-4-16-12(14)8(2)9-5-6-11(15-3)10(13)7-9/h5-8H,4H2,1-3H3. The summed E-state index contributed by atoms with van der Waals surface area (Å²) in [5.41, 5.74) is 0.908. The monoisotopic (exact) mass is 286 g/mol. The van der Waals surface area contributed by atoms with Crippen LogP contribution in [0.2, 0.25) is 0 Å². The minimum Gasteiger partial charge on any atom is -0.496 e. The first-order chi connectivity index (χ1) is 7.60. The van der Waals surface area contributed by atoms with Crippen molar-refractivity contribution in [2.75, 3.05) is 13.7 Å². The highest BCUT2D eigenvalue weighted by atomic mass is 79.9. The van der Waals surface area contributed by atoms with E-state index >= 15 is 0 Å². The summed E-state index contributed by atoms with van der Waals surface area (Å²) in [6, 6.07) is 5.57. The molecular weight excluding hydrogens is 272 g/mol. The number of methoxy groups -OCH3 is 1. The Bertz CT molecular complexity index is 377. The fourth-order valence-electron chi connectivity index (χ4n) is 1.36. The highest BCUT2D eigenvalue weighted by Gasteiger charge is 2.17. The summed E-state index contributed by atoms with van der Waals surface area (Å²) in [5, 5.41) is 0. The number of carbonyl (C=O) groups excluding carboxylic acids is 1. The Morgan fingerprint density at radius 3 is 2.69 bits per heavy atom. The predicted octanol–water partition coefficient (Wildman–Crippen LogP) is 3.12. The summed E-state index contributed by atoms with van der Waals surface area (Å²) in [4.78, 5) is 11.5. The van der Waals surface area contributed by atoms with Crippen molar-refractivity contribution < 1.29 is 14.3 Å². The van der Waals surface area contributed by atoms with E-state index < -0.39 is 0 Å². The zero-order chi connectivity index (χ0) is 12.1. The van der Waals surface area contributed by atoms with Crippen molar-refractivity contribution in [1.29, 1.82) is 0 Å². The van der Waals surface area contributed by atoms with Gasteiger partial charge in [-0.25, -0.2) is 0 Å². The van der Waals surface area contributed by atoms with E-state index in [-0.39, 0.29) is 11.9 Å². The lowest BCUT2D eigenvalue weighted by Crippen LogP contribution is -2.12. The lowest BCUT2D eigenvalue weighted by atomic mass is 10.0. The molecule has 0 heterocycles. The van der Waals surface area contributed by atoms with Gasteiger partial charge >= 0.3 is 5.97 Å². The normalized spacial score (nSPS) is 12.0. The molecule has 3 nitrogen and oxygen atoms in total. The Balaban J connectivity index is 2.88. The van der Waals surface area contributed by atoms with Gasteiger partial charge in [0.25, 0.3) is 0 Å². The van der Waals surface area contributed by atoms with E-state index in [9.17, 15) is 4.79 Å². The molecule has 88 valence electrons. The van der Waals surface area contributed by atoms with E-state index in [1.165, 1.54) is 0 Å². The quantitative estimate of drug-likeness (QED) is 0.798. The minimum absolute atomic E-state index is 0.209. The maximum atomic E-state index is 11.5. The predicted molar refractivity (Wildman–Crippen MR) is 65.7 cm³/mol. The minimum atomic E-state index is -0.262. The first kappa shape index (κ1) is 13.0. The van der Waals surface area contributed by atoms with Crippen molar-refractivity contribution in [2.24, 2.45) is 0 Å². The van der Waals surface area contributed by atoms with E-state index in [0.717, 1.165) is 15.8 Å².